The molecule has 0 bridgehead atoms. The third kappa shape index (κ3) is 9.12. The van der Waals surface area contributed by atoms with Crippen molar-refractivity contribution in [3.8, 4) is 17.2 Å². The number of nitrogens with zero attached hydrogens (tertiary/aromatic N) is 2. The van der Waals surface area contributed by atoms with E-state index in [9.17, 15) is 23.1 Å². The lowest BCUT2D eigenvalue weighted by Crippen LogP contribution is -2.42. The van der Waals surface area contributed by atoms with Crippen LogP contribution in [0.15, 0.2) is 77.9 Å². The van der Waals surface area contributed by atoms with Gasteiger partial charge in [0.25, 0.3) is 0 Å². The van der Waals surface area contributed by atoms with Crippen molar-refractivity contribution in [1.82, 2.24) is 10.2 Å². The van der Waals surface area contributed by atoms with Gasteiger partial charge in [-0.3, -0.25) is 9.10 Å². The van der Waals surface area contributed by atoms with E-state index < -0.39 is 33.9 Å². The number of sulfonamides is 1. The van der Waals surface area contributed by atoms with Gasteiger partial charge in [0.1, 0.15) is 23.4 Å². The molecule has 0 aromatic heterocycles. The SMILES string of the molecule is COc1ccc(OC(=O)NC2C=CC(/C=C/CN(c3ccc(OC4CCN(C)CC4)c(Cl)c3)S(=O)(=O)CC(=O)O)=C(C)C2=N)cc1. The first-order valence-corrected chi connectivity index (χ1v) is 16.5. The Labute approximate surface area is 273 Å². The first-order valence-electron chi connectivity index (χ1n) is 14.5. The second kappa shape index (κ2) is 15.3. The average Bonchev–Trinajstić information content (AvgIpc) is 3.00. The van der Waals surface area contributed by atoms with Crippen molar-refractivity contribution in [3.05, 3.63) is 82.9 Å². The second-order valence-electron chi connectivity index (χ2n) is 10.9. The number of nitrogens with one attached hydrogen (secondary N) is 2. The fourth-order valence-electron chi connectivity index (χ4n) is 4.93. The molecule has 1 heterocycles. The van der Waals surface area contributed by atoms with Gasteiger partial charge >= 0.3 is 12.1 Å². The summed E-state index contributed by atoms with van der Waals surface area (Å²) in [4.78, 5) is 26.0. The highest BCUT2D eigenvalue weighted by atomic mass is 35.5. The fourth-order valence-corrected chi connectivity index (χ4v) is 6.36. The zero-order chi connectivity index (χ0) is 33.4. The Morgan fingerprint density at radius 2 is 1.83 bits per heavy atom. The highest BCUT2D eigenvalue weighted by molar-refractivity contribution is 7.93. The van der Waals surface area contributed by atoms with E-state index in [1.54, 1.807) is 61.6 Å². The maximum atomic E-state index is 13.1. The summed E-state index contributed by atoms with van der Waals surface area (Å²) in [5.74, 6) is -1.26. The number of carboxylic acid groups (broad SMARTS) is 1. The lowest BCUT2D eigenvalue weighted by atomic mass is 9.93. The second-order valence-corrected chi connectivity index (χ2v) is 13.2. The van der Waals surface area contributed by atoms with Crippen LogP contribution in [0.25, 0.3) is 0 Å². The van der Waals surface area contributed by atoms with Crippen LogP contribution in [0.2, 0.25) is 5.02 Å². The number of methoxy groups -OCH3 is 1. The molecule has 4 rings (SSSR count). The fraction of sp³-hybridized carbons (Fsp3) is 0.344. The minimum Gasteiger partial charge on any atom is -0.497 e. The van der Waals surface area contributed by atoms with E-state index in [-0.39, 0.29) is 29.1 Å². The third-order valence-corrected chi connectivity index (χ3v) is 9.47. The van der Waals surface area contributed by atoms with E-state index >= 15 is 0 Å². The van der Waals surface area contributed by atoms with Crippen molar-refractivity contribution < 1.29 is 37.3 Å². The minimum absolute atomic E-state index is 0.0120. The van der Waals surface area contributed by atoms with Gasteiger partial charge in [0.05, 0.1) is 36.1 Å². The Bertz CT molecular complexity index is 1650. The summed E-state index contributed by atoms with van der Waals surface area (Å²) in [6.45, 7) is 3.30. The number of likely N-dealkylation sites (tertiary alicyclic amines) is 1. The van der Waals surface area contributed by atoms with Crippen LogP contribution in [0.3, 0.4) is 0 Å². The van der Waals surface area contributed by atoms with E-state index in [0.29, 0.717) is 28.4 Å². The van der Waals surface area contributed by atoms with Crippen LogP contribution in [0.4, 0.5) is 10.5 Å². The number of aliphatic carboxylic acids is 1. The molecule has 2 aromatic rings. The summed E-state index contributed by atoms with van der Waals surface area (Å²) in [5.41, 5.74) is 1.47. The standard InChI is InChI=1S/C32H37ClN4O8S/c1-21-22(6-12-28(31(21)34)35-32(40)45-25-10-8-24(43-3)9-11-25)5-4-16-37(46(41,42)20-30(38)39)23-7-13-29(27(33)19-23)44-26-14-17-36(2)18-15-26/h4-13,19,26,28,34H,14-18,20H2,1-3H3,(H,35,40)(H,38,39)/b5-4+,34-31?. The number of anilines is 1. The van der Waals surface area contributed by atoms with Gasteiger partial charge < -0.3 is 34.9 Å². The molecule has 1 unspecified atom stereocenters. The molecule has 12 nitrogen and oxygen atoms in total. The Kier molecular flexibility index (Phi) is 11.5. The molecule has 3 N–H and O–H groups in total. The van der Waals surface area contributed by atoms with Gasteiger partial charge in [-0.15, -0.1) is 0 Å². The van der Waals surface area contributed by atoms with Crippen LogP contribution >= 0.6 is 11.6 Å². The minimum atomic E-state index is -4.28. The number of allylic oxidation sites excluding steroid dienone is 3. The molecule has 1 atom stereocenters. The van der Waals surface area contributed by atoms with Gasteiger partial charge in [-0.25, -0.2) is 13.2 Å². The Balaban J connectivity index is 1.44. The molecule has 1 fully saturated rings. The van der Waals surface area contributed by atoms with Crippen molar-refractivity contribution >= 4 is 45.1 Å². The summed E-state index contributed by atoms with van der Waals surface area (Å²) in [7, 11) is -0.710. The molecule has 0 saturated carbocycles. The van der Waals surface area contributed by atoms with Crippen LogP contribution in [-0.2, 0) is 14.8 Å². The Morgan fingerprint density at radius 3 is 2.46 bits per heavy atom. The number of benzene rings is 2. The van der Waals surface area contributed by atoms with Crippen LogP contribution in [0, 0.1) is 5.41 Å². The molecule has 14 heteroatoms. The van der Waals surface area contributed by atoms with E-state index in [1.165, 1.54) is 19.2 Å². The monoisotopic (exact) mass is 672 g/mol. The molecule has 246 valence electrons. The zero-order valence-electron chi connectivity index (χ0n) is 25.7. The summed E-state index contributed by atoms with van der Waals surface area (Å²) in [5, 5.41) is 20.7. The number of ether oxygens (including phenoxy) is 3. The predicted molar refractivity (Wildman–Crippen MR) is 176 cm³/mol. The predicted octanol–water partition coefficient (Wildman–Crippen LogP) is 4.66. The lowest BCUT2D eigenvalue weighted by molar-refractivity contribution is -0.134. The number of halogens is 1. The van der Waals surface area contributed by atoms with Gasteiger partial charge in [0.15, 0.2) is 5.75 Å². The topological polar surface area (TPSA) is 159 Å². The average molecular weight is 673 g/mol. The largest absolute Gasteiger partial charge is 0.497 e. The number of amides is 1. The number of piperidine rings is 1. The van der Waals surface area contributed by atoms with E-state index in [4.69, 9.17) is 31.2 Å². The molecular weight excluding hydrogens is 636 g/mol. The van der Waals surface area contributed by atoms with Crippen molar-refractivity contribution in [1.29, 1.82) is 5.41 Å². The zero-order valence-corrected chi connectivity index (χ0v) is 27.3. The van der Waals surface area contributed by atoms with E-state index in [0.717, 1.165) is 30.2 Å². The molecule has 1 amide bonds. The first kappa shape index (κ1) is 34.5. The van der Waals surface area contributed by atoms with Crippen molar-refractivity contribution in [2.24, 2.45) is 0 Å². The van der Waals surface area contributed by atoms with Crippen molar-refractivity contribution in [2.45, 2.75) is 31.9 Å². The number of carbonyl (C=O) groups is 2. The summed E-state index contributed by atoms with van der Waals surface area (Å²) in [6.07, 6.45) is 7.43. The smallest absolute Gasteiger partial charge is 0.413 e. The molecule has 0 spiro atoms. The third-order valence-electron chi connectivity index (χ3n) is 7.53. The summed E-state index contributed by atoms with van der Waals surface area (Å²) < 4.78 is 43.6. The molecular formula is C32H37ClN4O8S. The molecule has 2 aromatic carbocycles. The number of hydrogen-bond donors (Lipinski definition) is 3. The number of rotatable bonds is 12. The Hall–Kier alpha value is -4.33. The molecule has 0 radical (unpaired) electrons. The van der Waals surface area contributed by atoms with Gasteiger partial charge in [-0.1, -0.05) is 35.9 Å². The molecule has 2 aliphatic rings. The lowest BCUT2D eigenvalue weighted by Gasteiger charge is -2.30. The maximum absolute atomic E-state index is 13.1. The van der Waals surface area contributed by atoms with Crippen LogP contribution in [-0.4, -0.2) is 87.9 Å². The highest BCUT2D eigenvalue weighted by Crippen LogP contribution is 2.33. The van der Waals surface area contributed by atoms with Crippen LogP contribution < -0.4 is 23.8 Å². The maximum Gasteiger partial charge on any atom is 0.413 e. The summed E-state index contributed by atoms with van der Waals surface area (Å²) >= 11 is 6.50. The van der Waals surface area contributed by atoms with Gasteiger partial charge in [0, 0.05) is 13.1 Å². The van der Waals surface area contributed by atoms with Crippen molar-refractivity contribution in [2.75, 3.05) is 43.8 Å². The Morgan fingerprint density at radius 1 is 1.15 bits per heavy atom. The van der Waals surface area contributed by atoms with Crippen molar-refractivity contribution in [3.63, 3.8) is 0 Å². The summed E-state index contributed by atoms with van der Waals surface area (Å²) in [6, 6.07) is 10.3. The van der Waals surface area contributed by atoms with Gasteiger partial charge in [0.2, 0.25) is 10.0 Å². The highest BCUT2D eigenvalue weighted by Gasteiger charge is 2.27. The van der Waals surface area contributed by atoms with E-state index in [2.05, 4.69) is 10.2 Å². The number of carbonyl (C=O) groups excluding carboxylic acids is 1. The normalized spacial score (nSPS) is 17.7. The van der Waals surface area contributed by atoms with Crippen LogP contribution in [0.5, 0.6) is 17.2 Å². The molecule has 1 aliphatic carbocycles. The van der Waals surface area contributed by atoms with Crippen LogP contribution in [0.1, 0.15) is 19.8 Å². The number of carboxylic acids is 1. The molecule has 46 heavy (non-hydrogen) atoms. The quantitative estimate of drug-likeness (QED) is 0.292. The molecule has 1 aliphatic heterocycles. The van der Waals surface area contributed by atoms with Gasteiger partial charge in [-0.2, -0.15) is 0 Å². The van der Waals surface area contributed by atoms with Gasteiger partial charge in [-0.05, 0) is 80.4 Å². The first-order chi connectivity index (χ1) is 21.9. The molecule has 1 saturated heterocycles. The number of hydrogen-bond acceptors (Lipinski definition) is 9. The van der Waals surface area contributed by atoms with E-state index in [1.807, 2.05) is 7.05 Å².